The standard InChI is InChI=1S/C18H13F3N4O2S/c1-10-23-15(25-27-10)6-11-3-2-4-12(5-11)9-28-17-13(8-22)14(18(19,20)21)7-16(26)24-17/h2-5,7H,1,6,9H2,(H,23,25)(H,24,26). The van der Waals surface area contributed by atoms with Gasteiger partial charge in [0.15, 0.2) is 0 Å². The Balaban J connectivity index is 1.79. The molecule has 1 aromatic heterocycles. The zero-order valence-corrected chi connectivity index (χ0v) is 15.1. The van der Waals surface area contributed by atoms with Crippen LogP contribution in [-0.2, 0) is 23.2 Å². The van der Waals surface area contributed by atoms with Gasteiger partial charge in [-0.1, -0.05) is 24.3 Å². The van der Waals surface area contributed by atoms with Gasteiger partial charge < -0.3 is 9.82 Å². The molecule has 1 aliphatic rings. The zero-order chi connectivity index (χ0) is 20.3. The number of benzene rings is 1. The van der Waals surface area contributed by atoms with Crippen LogP contribution in [0.25, 0.3) is 0 Å². The molecule has 0 atom stereocenters. The van der Waals surface area contributed by atoms with Crippen LogP contribution < -0.4 is 11.0 Å². The summed E-state index contributed by atoms with van der Waals surface area (Å²) in [6.45, 7) is 3.56. The molecule has 0 saturated heterocycles. The van der Waals surface area contributed by atoms with Crippen LogP contribution in [0.15, 0.2) is 57.6 Å². The number of nitriles is 1. The summed E-state index contributed by atoms with van der Waals surface area (Å²) < 4.78 is 39.3. The Kier molecular flexibility index (Phi) is 5.46. The third kappa shape index (κ3) is 4.55. The number of nitrogens with one attached hydrogen (secondary N) is 2. The number of H-pyrrole nitrogens is 1. The maximum Gasteiger partial charge on any atom is 0.417 e. The zero-order valence-electron chi connectivity index (χ0n) is 14.3. The Morgan fingerprint density at radius 2 is 2.04 bits per heavy atom. The molecular formula is C18H13F3N4O2S. The summed E-state index contributed by atoms with van der Waals surface area (Å²) in [5.74, 6) is 1.12. The number of hydrogen-bond acceptors (Lipinski definition) is 6. The molecule has 0 spiro atoms. The van der Waals surface area contributed by atoms with Crippen molar-refractivity contribution >= 4 is 17.6 Å². The first kappa shape index (κ1) is 19.6. The summed E-state index contributed by atoms with van der Waals surface area (Å²) in [6, 6.07) is 9.26. The molecule has 2 N–H and O–H groups in total. The molecule has 144 valence electrons. The van der Waals surface area contributed by atoms with Crippen LogP contribution in [0.3, 0.4) is 0 Å². The van der Waals surface area contributed by atoms with Crippen molar-refractivity contribution in [1.29, 1.82) is 5.26 Å². The maximum absolute atomic E-state index is 13.1. The number of halogens is 3. The average Bonchev–Trinajstić information content (AvgIpc) is 3.03. The lowest BCUT2D eigenvalue weighted by Gasteiger charge is -2.11. The van der Waals surface area contributed by atoms with Gasteiger partial charge in [-0.05, 0) is 17.7 Å². The molecule has 0 unspecified atom stereocenters. The monoisotopic (exact) mass is 406 g/mol. The van der Waals surface area contributed by atoms with Crippen molar-refractivity contribution in [2.75, 3.05) is 0 Å². The number of aromatic amines is 1. The van der Waals surface area contributed by atoms with Gasteiger partial charge in [-0.25, -0.2) is 5.48 Å². The second-order valence-corrected chi connectivity index (χ2v) is 6.79. The van der Waals surface area contributed by atoms with E-state index in [0.29, 0.717) is 18.3 Å². The van der Waals surface area contributed by atoms with E-state index in [0.717, 1.165) is 22.9 Å². The predicted octanol–water partition coefficient (Wildman–Crippen LogP) is 3.50. The molecule has 1 aliphatic heterocycles. The highest BCUT2D eigenvalue weighted by Crippen LogP contribution is 2.34. The molecule has 0 bridgehead atoms. The Morgan fingerprint density at radius 3 is 2.68 bits per heavy atom. The van der Waals surface area contributed by atoms with Crippen molar-refractivity contribution in [3.8, 4) is 6.07 Å². The molecule has 28 heavy (non-hydrogen) atoms. The highest BCUT2D eigenvalue weighted by molar-refractivity contribution is 7.98. The molecule has 3 rings (SSSR count). The molecule has 2 aromatic rings. The maximum atomic E-state index is 13.1. The summed E-state index contributed by atoms with van der Waals surface area (Å²) >= 11 is 0.958. The van der Waals surface area contributed by atoms with Gasteiger partial charge in [-0.15, -0.1) is 11.8 Å². The van der Waals surface area contributed by atoms with Gasteiger partial charge in [-0.3, -0.25) is 4.79 Å². The second-order valence-electron chi connectivity index (χ2n) is 5.80. The van der Waals surface area contributed by atoms with Gasteiger partial charge in [-0.2, -0.15) is 23.4 Å². The van der Waals surface area contributed by atoms with Gasteiger partial charge in [0, 0.05) is 18.2 Å². The van der Waals surface area contributed by atoms with E-state index in [-0.39, 0.29) is 16.7 Å². The van der Waals surface area contributed by atoms with Crippen molar-refractivity contribution in [2.45, 2.75) is 23.4 Å². The van der Waals surface area contributed by atoms with Crippen molar-refractivity contribution < 1.29 is 18.0 Å². The second kappa shape index (κ2) is 7.82. The molecule has 0 saturated carbocycles. The van der Waals surface area contributed by atoms with E-state index in [9.17, 15) is 18.0 Å². The minimum atomic E-state index is -4.78. The van der Waals surface area contributed by atoms with Crippen molar-refractivity contribution in [1.82, 2.24) is 10.5 Å². The fraction of sp³-hybridized carbons (Fsp3) is 0.167. The molecule has 0 amide bonds. The lowest BCUT2D eigenvalue weighted by molar-refractivity contribution is -0.138. The first-order valence-corrected chi connectivity index (χ1v) is 8.89. The fourth-order valence-corrected chi connectivity index (χ4v) is 3.51. The van der Waals surface area contributed by atoms with Gasteiger partial charge >= 0.3 is 6.18 Å². The summed E-state index contributed by atoms with van der Waals surface area (Å²) in [5.41, 5.74) is 1.61. The van der Waals surface area contributed by atoms with E-state index in [1.165, 1.54) is 0 Å². The number of amidine groups is 1. The molecule has 0 aliphatic carbocycles. The van der Waals surface area contributed by atoms with E-state index >= 15 is 0 Å². The Bertz CT molecular complexity index is 1050. The number of pyridine rings is 1. The van der Waals surface area contributed by atoms with E-state index in [1.807, 2.05) is 12.1 Å². The third-order valence-electron chi connectivity index (χ3n) is 3.72. The Labute approximate surface area is 161 Å². The average molecular weight is 406 g/mol. The topological polar surface area (TPSA) is 90.3 Å². The van der Waals surface area contributed by atoms with Crippen molar-refractivity contribution in [2.24, 2.45) is 4.99 Å². The normalized spacial score (nSPS) is 13.5. The number of alkyl halides is 3. The Morgan fingerprint density at radius 1 is 1.29 bits per heavy atom. The minimum absolute atomic E-state index is 0.112. The number of aromatic nitrogens is 1. The predicted molar refractivity (Wildman–Crippen MR) is 97.3 cm³/mol. The fourth-order valence-electron chi connectivity index (χ4n) is 2.55. The highest BCUT2D eigenvalue weighted by Gasteiger charge is 2.35. The molecule has 2 heterocycles. The largest absolute Gasteiger partial charge is 0.417 e. The SMILES string of the molecule is C=C1N=C(Cc2cccc(CSc3[nH]c(=O)cc(C(F)(F)F)c3C#N)c2)NO1. The van der Waals surface area contributed by atoms with Crippen LogP contribution in [0.4, 0.5) is 13.2 Å². The first-order chi connectivity index (χ1) is 13.3. The number of rotatable bonds is 5. The van der Waals surface area contributed by atoms with Gasteiger partial charge in [0.1, 0.15) is 11.9 Å². The molecule has 10 heteroatoms. The Hall–Kier alpha value is -3.19. The van der Waals surface area contributed by atoms with E-state index in [2.05, 4.69) is 22.0 Å². The molecule has 0 fully saturated rings. The lowest BCUT2D eigenvalue weighted by Crippen LogP contribution is -2.18. The van der Waals surface area contributed by atoms with Crippen molar-refractivity contribution in [3.05, 3.63) is 75.4 Å². The molecule has 6 nitrogen and oxygen atoms in total. The summed E-state index contributed by atoms with van der Waals surface area (Å²) in [6.07, 6.45) is -4.32. The van der Waals surface area contributed by atoms with Gasteiger partial charge in [0.2, 0.25) is 11.4 Å². The number of hydroxylamine groups is 1. The van der Waals surface area contributed by atoms with E-state index in [1.54, 1.807) is 18.2 Å². The van der Waals surface area contributed by atoms with Crippen LogP contribution in [0.2, 0.25) is 0 Å². The van der Waals surface area contributed by atoms with Crippen LogP contribution in [-0.4, -0.2) is 10.8 Å². The summed E-state index contributed by atoms with van der Waals surface area (Å²) in [4.78, 5) is 22.9. The summed E-state index contributed by atoms with van der Waals surface area (Å²) in [7, 11) is 0. The van der Waals surface area contributed by atoms with Gasteiger partial charge in [0.25, 0.3) is 0 Å². The van der Waals surface area contributed by atoms with E-state index < -0.39 is 22.9 Å². The number of thioether (sulfide) groups is 1. The quantitative estimate of drug-likeness (QED) is 0.742. The van der Waals surface area contributed by atoms with E-state index in [4.69, 9.17) is 10.1 Å². The number of aliphatic imine (C=N–C) groups is 1. The number of hydrogen-bond donors (Lipinski definition) is 2. The van der Waals surface area contributed by atoms with Crippen LogP contribution in [0.5, 0.6) is 0 Å². The molecule has 1 aromatic carbocycles. The highest BCUT2D eigenvalue weighted by atomic mass is 32.2. The number of nitrogens with zero attached hydrogens (tertiary/aromatic N) is 2. The summed E-state index contributed by atoms with van der Waals surface area (Å²) in [5, 5.41) is 9.04. The smallest absolute Gasteiger partial charge is 0.361 e. The first-order valence-electron chi connectivity index (χ1n) is 7.91. The third-order valence-corrected chi connectivity index (χ3v) is 4.79. The minimum Gasteiger partial charge on any atom is -0.361 e. The van der Waals surface area contributed by atoms with Gasteiger partial charge in [0.05, 0.1) is 16.2 Å². The van der Waals surface area contributed by atoms with Crippen LogP contribution in [0.1, 0.15) is 22.3 Å². The van der Waals surface area contributed by atoms with Crippen molar-refractivity contribution in [3.63, 3.8) is 0 Å². The molecular weight excluding hydrogens is 393 g/mol. The lowest BCUT2D eigenvalue weighted by atomic mass is 10.1. The molecule has 0 radical (unpaired) electrons. The van der Waals surface area contributed by atoms with Crippen LogP contribution in [0, 0.1) is 11.3 Å². The van der Waals surface area contributed by atoms with Crippen LogP contribution >= 0.6 is 11.8 Å².